The summed E-state index contributed by atoms with van der Waals surface area (Å²) in [7, 11) is -3.15. The van der Waals surface area contributed by atoms with Crippen LogP contribution in [0.4, 0.5) is 4.39 Å². The van der Waals surface area contributed by atoms with Crippen LogP contribution in [0.15, 0.2) is 53.9 Å². The van der Waals surface area contributed by atoms with Crippen LogP contribution in [0, 0.1) is 18.7 Å². The van der Waals surface area contributed by atoms with Crippen LogP contribution in [-0.4, -0.2) is 25.1 Å². The molecule has 7 heteroatoms. The van der Waals surface area contributed by atoms with Gasteiger partial charge in [-0.25, -0.2) is 12.8 Å². The zero-order valence-corrected chi connectivity index (χ0v) is 16.7. The molecule has 2 aromatic carbocycles. The van der Waals surface area contributed by atoms with Crippen LogP contribution in [0.25, 0.3) is 22.2 Å². The molecule has 150 valence electrons. The minimum Gasteiger partial charge on any atom is -0.354 e. The quantitative estimate of drug-likeness (QED) is 0.668. The van der Waals surface area contributed by atoms with Gasteiger partial charge in [-0.2, -0.15) is 0 Å². The number of halogens is 1. The normalized spacial score (nSPS) is 17.7. The Kier molecular flexibility index (Phi) is 5.00. The van der Waals surface area contributed by atoms with Crippen molar-refractivity contribution < 1.29 is 17.6 Å². The van der Waals surface area contributed by atoms with Gasteiger partial charge in [-0.3, -0.25) is 4.79 Å². The Morgan fingerprint density at radius 3 is 2.76 bits per heavy atom. The monoisotopic (exact) mass is 412 g/mol. The molecule has 1 aliphatic rings. The molecule has 1 aromatic heterocycles. The maximum Gasteiger partial charge on any atom is 0.220 e. The molecule has 0 spiro atoms. The van der Waals surface area contributed by atoms with E-state index in [9.17, 15) is 17.6 Å². The molecule has 29 heavy (non-hydrogen) atoms. The number of aromatic amines is 1. The highest BCUT2D eigenvalue weighted by molar-refractivity contribution is 7.94. The maximum absolute atomic E-state index is 14.2. The first-order valence-corrected chi connectivity index (χ1v) is 11.1. The number of H-pyrrole nitrogens is 1. The van der Waals surface area contributed by atoms with E-state index in [1.165, 1.54) is 11.5 Å². The fourth-order valence-electron chi connectivity index (χ4n) is 3.70. The smallest absolute Gasteiger partial charge is 0.220 e. The predicted octanol–water partition coefficient (Wildman–Crippen LogP) is 3.85. The zero-order chi connectivity index (χ0) is 20.6. The van der Waals surface area contributed by atoms with Gasteiger partial charge in [-0.15, -0.1) is 0 Å². The summed E-state index contributed by atoms with van der Waals surface area (Å²) >= 11 is 0. The van der Waals surface area contributed by atoms with Gasteiger partial charge in [0.05, 0.1) is 11.4 Å². The van der Waals surface area contributed by atoms with Crippen molar-refractivity contribution in [3.8, 4) is 11.3 Å². The summed E-state index contributed by atoms with van der Waals surface area (Å²) in [6.07, 6.45) is 1.73. The maximum atomic E-state index is 14.2. The molecule has 0 bridgehead atoms. The van der Waals surface area contributed by atoms with E-state index in [-0.39, 0.29) is 29.8 Å². The third-order valence-electron chi connectivity index (χ3n) is 5.21. The van der Waals surface area contributed by atoms with E-state index in [0.29, 0.717) is 12.1 Å². The van der Waals surface area contributed by atoms with E-state index in [1.807, 2.05) is 25.1 Å². The molecule has 0 fully saturated rings. The molecule has 1 atom stereocenters. The Balaban J connectivity index is 1.48. The van der Waals surface area contributed by atoms with E-state index in [4.69, 9.17) is 0 Å². The van der Waals surface area contributed by atoms with Gasteiger partial charge in [0.25, 0.3) is 0 Å². The van der Waals surface area contributed by atoms with Crippen LogP contribution < -0.4 is 5.32 Å². The fourth-order valence-corrected chi connectivity index (χ4v) is 5.09. The second-order valence-corrected chi connectivity index (χ2v) is 9.31. The van der Waals surface area contributed by atoms with E-state index < -0.39 is 9.84 Å². The Morgan fingerprint density at radius 2 is 2.03 bits per heavy atom. The Bertz CT molecular complexity index is 1230. The van der Waals surface area contributed by atoms with E-state index >= 15 is 0 Å². The molecule has 0 unspecified atom stereocenters. The van der Waals surface area contributed by atoms with Crippen molar-refractivity contribution in [2.45, 2.75) is 19.9 Å². The Morgan fingerprint density at radius 1 is 1.24 bits per heavy atom. The number of benzene rings is 2. The van der Waals surface area contributed by atoms with Gasteiger partial charge in [0.2, 0.25) is 5.91 Å². The second-order valence-electron chi connectivity index (χ2n) is 7.38. The van der Waals surface area contributed by atoms with Gasteiger partial charge >= 0.3 is 0 Å². The molecule has 0 aliphatic carbocycles. The summed E-state index contributed by atoms with van der Waals surface area (Å²) in [5, 5.41) is 5.00. The number of hydrogen-bond donors (Lipinski definition) is 2. The van der Waals surface area contributed by atoms with Crippen LogP contribution >= 0.6 is 0 Å². The van der Waals surface area contributed by atoms with Crippen molar-refractivity contribution in [1.82, 2.24) is 10.3 Å². The van der Waals surface area contributed by atoms with Crippen molar-refractivity contribution in [3.05, 3.63) is 70.9 Å². The average molecular weight is 412 g/mol. The SMILES string of the molecule is Cc1c(-c2ccccc2F)[nH]c2ccc(CNC(=O)C[C@@H]3C=CS(=O)(=O)C3)cc12. The first kappa shape index (κ1) is 19.4. The van der Waals surface area contributed by atoms with Gasteiger partial charge in [-0.1, -0.05) is 24.3 Å². The molecule has 3 aromatic rings. The number of rotatable bonds is 5. The number of aryl methyl sites for hydroxylation is 1. The van der Waals surface area contributed by atoms with Gasteiger partial charge in [0.15, 0.2) is 9.84 Å². The Hall–Kier alpha value is -2.93. The zero-order valence-electron chi connectivity index (χ0n) is 15.9. The number of aromatic nitrogens is 1. The molecule has 0 radical (unpaired) electrons. The number of allylic oxidation sites excluding steroid dienone is 1. The molecule has 5 nitrogen and oxygen atoms in total. The lowest BCUT2D eigenvalue weighted by molar-refractivity contribution is -0.121. The number of fused-ring (bicyclic) bond motifs is 1. The summed E-state index contributed by atoms with van der Waals surface area (Å²) in [5.74, 6) is -0.738. The van der Waals surface area contributed by atoms with Crippen molar-refractivity contribution >= 4 is 26.6 Å². The average Bonchev–Trinajstić information content (AvgIpc) is 3.19. The third-order valence-corrected chi connectivity index (χ3v) is 6.67. The van der Waals surface area contributed by atoms with Gasteiger partial charge < -0.3 is 10.3 Å². The van der Waals surface area contributed by atoms with Gasteiger partial charge in [0, 0.05) is 40.8 Å². The standard InChI is InChI=1S/C22H21FN2O3S/c1-14-18-10-15(12-24-21(26)11-16-8-9-29(27,28)13-16)6-7-20(18)25-22(14)17-4-2-3-5-19(17)23/h2-10,16,25H,11-13H2,1H3,(H,24,26)/t16-/m0/s1. The minimum absolute atomic E-state index is 0.00620. The van der Waals surface area contributed by atoms with Crippen LogP contribution in [0.5, 0.6) is 0 Å². The van der Waals surface area contributed by atoms with E-state index in [0.717, 1.165) is 27.7 Å². The van der Waals surface area contributed by atoms with Gasteiger partial charge in [0.1, 0.15) is 5.82 Å². The lowest BCUT2D eigenvalue weighted by Gasteiger charge is -2.08. The molecule has 0 saturated heterocycles. The number of amides is 1. The number of sulfone groups is 1. The molecule has 0 saturated carbocycles. The summed E-state index contributed by atoms with van der Waals surface area (Å²) < 4.78 is 37.1. The summed E-state index contributed by atoms with van der Waals surface area (Å²) in [4.78, 5) is 15.4. The van der Waals surface area contributed by atoms with Gasteiger partial charge in [-0.05, 0) is 42.3 Å². The van der Waals surface area contributed by atoms with Crippen molar-refractivity contribution in [1.29, 1.82) is 0 Å². The van der Waals surface area contributed by atoms with Crippen LogP contribution in [0.1, 0.15) is 17.5 Å². The van der Waals surface area contributed by atoms with Crippen molar-refractivity contribution in [2.24, 2.45) is 5.92 Å². The van der Waals surface area contributed by atoms with E-state index in [2.05, 4.69) is 10.3 Å². The third kappa shape index (κ3) is 4.10. The second kappa shape index (κ2) is 7.48. The lowest BCUT2D eigenvalue weighted by atomic mass is 10.0. The highest BCUT2D eigenvalue weighted by atomic mass is 32.2. The first-order valence-electron chi connectivity index (χ1n) is 9.36. The largest absolute Gasteiger partial charge is 0.354 e. The summed E-state index contributed by atoms with van der Waals surface area (Å²) in [6.45, 7) is 2.29. The molecular formula is C22H21FN2O3S. The summed E-state index contributed by atoms with van der Waals surface area (Å²) in [5.41, 5.74) is 4.03. The molecular weight excluding hydrogens is 391 g/mol. The number of nitrogens with one attached hydrogen (secondary N) is 2. The molecule has 1 amide bonds. The van der Waals surface area contributed by atoms with Crippen molar-refractivity contribution in [3.63, 3.8) is 0 Å². The first-order chi connectivity index (χ1) is 13.8. The molecule has 4 rings (SSSR count). The van der Waals surface area contributed by atoms with Crippen LogP contribution in [-0.2, 0) is 21.2 Å². The van der Waals surface area contributed by atoms with Crippen LogP contribution in [0.3, 0.4) is 0 Å². The van der Waals surface area contributed by atoms with Crippen LogP contribution in [0.2, 0.25) is 0 Å². The molecule has 1 aliphatic heterocycles. The fraction of sp³-hybridized carbons (Fsp3) is 0.227. The summed E-state index contributed by atoms with van der Waals surface area (Å²) in [6, 6.07) is 12.4. The topological polar surface area (TPSA) is 79.0 Å². The number of carbonyl (C=O) groups excluding carboxylic acids is 1. The molecule has 2 heterocycles. The highest BCUT2D eigenvalue weighted by Gasteiger charge is 2.23. The number of carbonyl (C=O) groups is 1. The number of hydrogen-bond acceptors (Lipinski definition) is 3. The minimum atomic E-state index is -3.15. The molecule has 2 N–H and O–H groups in total. The lowest BCUT2D eigenvalue weighted by Crippen LogP contribution is -2.25. The van der Waals surface area contributed by atoms with Crippen molar-refractivity contribution in [2.75, 3.05) is 5.75 Å². The Labute approximate surface area is 168 Å². The highest BCUT2D eigenvalue weighted by Crippen LogP contribution is 2.31. The van der Waals surface area contributed by atoms with E-state index in [1.54, 1.807) is 24.3 Å². The predicted molar refractivity (Wildman–Crippen MR) is 111 cm³/mol.